The van der Waals surface area contributed by atoms with Gasteiger partial charge in [-0.1, -0.05) is 0 Å². The summed E-state index contributed by atoms with van der Waals surface area (Å²) in [5, 5.41) is 2.90. The number of aromatic nitrogens is 2. The molecule has 2 amide bonds. The second-order valence-corrected chi connectivity index (χ2v) is 6.47. The van der Waals surface area contributed by atoms with Crippen molar-refractivity contribution in [3.05, 3.63) is 18.0 Å². The lowest BCUT2D eigenvalue weighted by molar-refractivity contribution is -0.129. The van der Waals surface area contributed by atoms with Crippen LogP contribution in [0.1, 0.15) is 17.3 Å². The highest BCUT2D eigenvalue weighted by atomic mass is 16.5. The number of ether oxygens (including phenoxy) is 1. The highest BCUT2D eigenvalue weighted by Crippen LogP contribution is 2.11. The third kappa shape index (κ3) is 4.89. The van der Waals surface area contributed by atoms with E-state index >= 15 is 0 Å². The number of hydrogen-bond acceptors (Lipinski definition) is 7. The van der Waals surface area contributed by atoms with Gasteiger partial charge in [-0.3, -0.25) is 14.5 Å². The average molecular weight is 362 g/mol. The average Bonchev–Trinajstić information content (AvgIpc) is 2.69. The Labute approximate surface area is 153 Å². The molecule has 3 heterocycles. The van der Waals surface area contributed by atoms with Gasteiger partial charge in [0, 0.05) is 71.7 Å². The fourth-order valence-corrected chi connectivity index (χ4v) is 3.08. The number of amides is 2. The lowest BCUT2D eigenvalue weighted by Crippen LogP contribution is -2.48. The monoisotopic (exact) mass is 362 g/mol. The van der Waals surface area contributed by atoms with Gasteiger partial charge < -0.3 is 19.9 Å². The van der Waals surface area contributed by atoms with E-state index in [9.17, 15) is 9.59 Å². The second-order valence-electron chi connectivity index (χ2n) is 6.47. The Bertz CT molecular complexity index is 609. The van der Waals surface area contributed by atoms with Gasteiger partial charge in [0.05, 0.1) is 18.8 Å². The number of rotatable bonds is 5. The van der Waals surface area contributed by atoms with E-state index in [1.807, 2.05) is 9.80 Å². The Kier molecular flexibility index (Phi) is 6.35. The van der Waals surface area contributed by atoms with Crippen molar-refractivity contribution < 1.29 is 14.3 Å². The molecule has 142 valence electrons. The smallest absolute Gasteiger partial charge is 0.254 e. The SMILES string of the molecule is CC(=O)N1CCN(c2ncc(C(=O)NCCN3CCOCC3)cn2)CC1. The fraction of sp³-hybridized carbons (Fsp3) is 0.647. The first kappa shape index (κ1) is 18.5. The standard InChI is InChI=1S/C17H26N6O3/c1-14(24)22-4-6-23(7-5-22)17-19-12-15(13-20-17)16(25)18-2-3-21-8-10-26-11-9-21/h12-13H,2-11H2,1H3,(H,18,25). The molecule has 2 aliphatic rings. The summed E-state index contributed by atoms with van der Waals surface area (Å²) >= 11 is 0. The molecule has 0 atom stereocenters. The first-order valence-corrected chi connectivity index (χ1v) is 9.04. The Morgan fingerprint density at radius 3 is 2.35 bits per heavy atom. The minimum absolute atomic E-state index is 0.0923. The van der Waals surface area contributed by atoms with Crippen LogP contribution in [0.3, 0.4) is 0 Å². The van der Waals surface area contributed by atoms with Crippen LogP contribution in [0.2, 0.25) is 0 Å². The lowest BCUT2D eigenvalue weighted by Gasteiger charge is -2.34. The quantitative estimate of drug-likeness (QED) is 0.734. The minimum atomic E-state index is -0.161. The molecule has 0 saturated carbocycles. The predicted molar refractivity (Wildman–Crippen MR) is 96.1 cm³/mol. The van der Waals surface area contributed by atoms with Gasteiger partial charge in [0.2, 0.25) is 11.9 Å². The fourth-order valence-electron chi connectivity index (χ4n) is 3.08. The molecule has 0 radical (unpaired) electrons. The first-order chi connectivity index (χ1) is 12.6. The van der Waals surface area contributed by atoms with Gasteiger partial charge in [0.1, 0.15) is 0 Å². The third-order valence-electron chi connectivity index (χ3n) is 4.73. The van der Waals surface area contributed by atoms with E-state index in [0.29, 0.717) is 44.2 Å². The summed E-state index contributed by atoms with van der Waals surface area (Å²) in [6.45, 7) is 9.05. The van der Waals surface area contributed by atoms with Crippen LogP contribution < -0.4 is 10.2 Å². The van der Waals surface area contributed by atoms with Gasteiger partial charge in [-0.05, 0) is 0 Å². The van der Waals surface area contributed by atoms with Crippen LogP contribution >= 0.6 is 0 Å². The van der Waals surface area contributed by atoms with E-state index in [1.54, 1.807) is 19.3 Å². The molecule has 2 fully saturated rings. The van der Waals surface area contributed by atoms with Crippen molar-refractivity contribution in [3.63, 3.8) is 0 Å². The molecule has 1 N–H and O–H groups in total. The van der Waals surface area contributed by atoms with Crippen molar-refractivity contribution in [1.29, 1.82) is 0 Å². The number of nitrogens with zero attached hydrogens (tertiary/aromatic N) is 5. The molecule has 0 spiro atoms. The highest BCUT2D eigenvalue weighted by Gasteiger charge is 2.20. The largest absolute Gasteiger partial charge is 0.379 e. The highest BCUT2D eigenvalue weighted by molar-refractivity contribution is 5.93. The van der Waals surface area contributed by atoms with Gasteiger partial charge in [-0.2, -0.15) is 0 Å². The third-order valence-corrected chi connectivity index (χ3v) is 4.73. The summed E-state index contributed by atoms with van der Waals surface area (Å²) in [6, 6.07) is 0. The maximum Gasteiger partial charge on any atom is 0.254 e. The molecule has 26 heavy (non-hydrogen) atoms. The van der Waals surface area contributed by atoms with Gasteiger partial charge >= 0.3 is 0 Å². The van der Waals surface area contributed by atoms with E-state index in [2.05, 4.69) is 20.2 Å². The van der Waals surface area contributed by atoms with Crippen LogP contribution in [0.15, 0.2) is 12.4 Å². The molecule has 3 rings (SSSR count). The van der Waals surface area contributed by atoms with Crippen molar-refractivity contribution in [2.24, 2.45) is 0 Å². The van der Waals surface area contributed by atoms with E-state index in [0.717, 1.165) is 32.8 Å². The molecule has 0 aromatic carbocycles. The Morgan fingerprint density at radius 2 is 1.73 bits per heavy atom. The molecule has 9 nitrogen and oxygen atoms in total. The van der Waals surface area contributed by atoms with Crippen LogP contribution in [0.5, 0.6) is 0 Å². The van der Waals surface area contributed by atoms with Gasteiger partial charge in [-0.15, -0.1) is 0 Å². The van der Waals surface area contributed by atoms with Gasteiger partial charge in [0.15, 0.2) is 0 Å². The Hall–Kier alpha value is -2.26. The summed E-state index contributed by atoms with van der Waals surface area (Å²) in [5.41, 5.74) is 0.457. The number of hydrogen-bond donors (Lipinski definition) is 1. The Balaban J connectivity index is 1.44. The zero-order valence-corrected chi connectivity index (χ0v) is 15.2. The summed E-state index contributed by atoms with van der Waals surface area (Å²) in [6.07, 6.45) is 3.12. The zero-order chi connectivity index (χ0) is 18.4. The lowest BCUT2D eigenvalue weighted by atomic mass is 10.3. The van der Waals surface area contributed by atoms with Crippen molar-refractivity contribution in [2.45, 2.75) is 6.92 Å². The van der Waals surface area contributed by atoms with Crippen LogP contribution in [0.4, 0.5) is 5.95 Å². The summed E-state index contributed by atoms with van der Waals surface area (Å²) in [4.78, 5) is 38.3. The summed E-state index contributed by atoms with van der Waals surface area (Å²) < 4.78 is 5.31. The van der Waals surface area contributed by atoms with Crippen LogP contribution in [0.25, 0.3) is 0 Å². The molecular weight excluding hydrogens is 336 g/mol. The van der Waals surface area contributed by atoms with Crippen LogP contribution in [-0.4, -0.2) is 97.2 Å². The minimum Gasteiger partial charge on any atom is -0.379 e. The van der Waals surface area contributed by atoms with Gasteiger partial charge in [0.25, 0.3) is 5.91 Å². The summed E-state index contributed by atoms with van der Waals surface area (Å²) in [5.74, 6) is 0.527. The van der Waals surface area contributed by atoms with Gasteiger partial charge in [-0.25, -0.2) is 9.97 Å². The Morgan fingerprint density at radius 1 is 1.08 bits per heavy atom. The number of carbonyl (C=O) groups excluding carboxylic acids is 2. The number of morpholine rings is 1. The van der Waals surface area contributed by atoms with Crippen LogP contribution in [0, 0.1) is 0 Å². The maximum absolute atomic E-state index is 12.2. The van der Waals surface area contributed by atoms with Crippen LogP contribution in [-0.2, 0) is 9.53 Å². The van der Waals surface area contributed by atoms with E-state index in [1.165, 1.54) is 0 Å². The normalized spacial score (nSPS) is 18.7. The second kappa shape index (κ2) is 8.91. The molecule has 0 bridgehead atoms. The zero-order valence-electron chi connectivity index (χ0n) is 15.2. The van der Waals surface area contributed by atoms with Crippen molar-refractivity contribution >= 4 is 17.8 Å². The van der Waals surface area contributed by atoms with E-state index in [4.69, 9.17) is 4.74 Å². The molecule has 0 unspecified atom stereocenters. The molecule has 2 saturated heterocycles. The molecule has 1 aromatic rings. The molecule has 9 heteroatoms. The number of carbonyl (C=O) groups is 2. The maximum atomic E-state index is 12.2. The first-order valence-electron chi connectivity index (χ1n) is 9.04. The van der Waals surface area contributed by atoms with E-state index < -0.39 is 0 Å². The summed E-state index contributed by atoms with van der Waals surface area (Å²) in [7, 11) is 0. The predicted octanol–water partition coefficient (Wildman–Crippen LogP) is -0.793. The molecular formula is C17H26N6O3. The number of nitrogens with one attached hydrogen (secondary N) is 1. The van der Waals surface area contributed by atoms with Crippen molar-refractivity contribution in [1.82, 2.24) is 25.1 Å². The molecule has 2 aliphatic heterocycles. The molecule has 1 aromatic heterocycles. The van der Waals surface area contributed by atoms with Crippen molar-refractivity contribution in [2.75, 3.05) is 70.5 Å². The number of piperazine rings is 1. The number of anilines is 1. The van der Waals surface area contributed by atoms with E-state index in [-0.39, 0.29) is 11.8 Å². The van der Waals surface area contributed by atoms with Crippen molar-refractivity contribution in [3.8, 4) is 0 Å². The molecule has 0 aliphatic carbocycles. The topological polar surface area (TPSA) is 90.9 Å².